The van der Waals surface area contributed by atoms with Crippen LogP contribution in [0.25, 0.3) is 21.0 Å². The van der Waals surface area contributed by atoms with Crippen LogP contribution >= 0.6 is 11.3 Å². The molecule has 1 amide bonds. The molecule has 9 heteroatoms. The van der Waals surface area contributed by atoms with Gasteiger partial charge in [0.05, 0.1) is 16.0 Å². The van der Waals surface area contributed by atoms with E-state index < -0.39 is 23.6 Å². The fourth-order valence-corrected chi connectivity index (χ4v) is 4.58. The summed E-state index contributed by atoms with van der Waals surface area (Å²) in [5, 5.41) is 22.8. The molecule has 2 aromatic heterocycles. The monoisotopic (exact) mass is 481 g/mol. The van der Waals surface area contributed by atoms with Gasteiger partial charge < -0.3 is 15.5 Å². The van der Waals surface area contributed by atoms with Crippen molar-refractivity contribution in [1.82, 2.24) is 15.3 Å². The van der Waals surface area contributed by atoms with Gasteiger partial charge >= 0.3 is 0 Å². The van der Waals surface area contributed by atoms with Crippen LogP contribution in [0.5, 0.6) is 5.88 Å². The Morgan fingerprint density at radius 3 is 2.56 bits per heavy atom. The number of halogens is 2. The molecule has 4 rings (SSSR count). The first-order valence-electron chi connectivity index (χ1n) is 10.5. The fourth-order valence-electron chi connectivity index (χ4n) is 3.55. The van der Waals surface area contributed by atoms with Crippen LogP contribution in [0.1, 0.15) is 22.5 Å². The molecule has 6 nitrogen and oxygen atoms in total. The molecule has 0 bridgehead atoms. The summed E-state index contributed by atoms with van der Waals surface area (Å²) in [6, 6.07) is 14.6. The van der Waals surface area contributed by atoms with Gasteiger partial charge in [0.15, 0.2) is 0 Å². The molecule has 0 aliphatic heterocycles. The zero-order valence-electron chi connectivity index (χ0n) is 17.9. The quantitative estimate of drug-likeness (QED) is 0.342. The van der Waals surface area contributed by atoms with Crippen LogP contribution in [-0.2, 0) is 6.42 Å². The largest absolute Gasteiger partial charge is 0.492 e. The van der Waals surface area contributed by atoms with Crippen LogP contribution in [0.15, 0.2) is 66.9 Å². The number of aromatic hydroxyl groups is 1. The molecule has 0 fully saturated rings. The van der Waals surface area contributed by atoms with Crippen LogP contribution in [0.3, 0.4) is 0 Å². The molecule has 0 saturated carbocycles. The first kappa shape index (κ1) is 23.5. The van der Waals surface area contributed by atoms with E-state index in [1.807, 2.05) is 12.1 Å². The third kappa shape index (κ3) is 5.27. The molecule has 0 aliphatic rings. The van der Waals surface area contributed by atoms with Gasteiger partial charge in [-0.05, 0) is 48.4 Å². The lowest BCUT2D eigenvalue weighted by atomic mass is 10.0. The molecular formula is C25H21F2N3O3S. The Bertz CT molecular complexity index is 1280. The number of nitrogens with zero attached hydrogens (tertiary/aromatic N) is 2. The number of nitrogens with one attached hydrogen (secondary N) is 1. The SMILES string of the molecule is O=C(N[C@@H](CCO)Cc1ccccn1)c1cccc(F)c1-c1nc(O)c(-c2ccc(F)cc2)s1. The number of aliphatic hydroxyl groups excluding tert-OH is 1. The normalized spacial score (nSPS) is 11.9. The Morgan fingerprint density at radius 2 is 1.85 bits per heavy atom. The zero-order chi connectivity index (χ0) is 24.1. The maximum absolute atomic E-state index is 14.9. The highest BCUT2D eigenvalue weighted by Gasteiger charge is 2.24. The molecule has 0 unspecified atom stereocenters. The van der Waals surface area contributed by atoms with Crippen molar-refractivity contribution in [3.05, 3.63) is 89.8 Å². The van der Waals surface area contributed by atoms with Crippen molar-refractivity contribution >= 4 is 17.2 Å². The number of hydrogen-bond acceptors (Lipinski definition) is 6. The van der Waals surface area contributed by atoms with Crippen LogP contribution in [0.2, 0.25) is 0 Å². The maximum atomic E-state index is 14.9. The van der Waals surface area contributed by atoms with Gasteiger partial charge in [-0.15, -0.1) is 11.3 Å². The Kier molecular flexibility index (Phi) is 7.24. The zero-order valence-corrected chi connectivity index (χ0v) is 18.7. The molecule has 174 valence electrons. The number of rotatable bonds is 8. The minimum Gasteiger partial charge on any atom is -0.492 e. The fraction of sp³-hybridized carbons (Fsp3) is 0.160. The van der Waals surface area contributed by atoms with Crippen molar-refractivity contribution in [2.24, 2.45) is 0 Å². The average molecular weight is 482 g/mol. The summed E-state index contributed by atoms with van der Waals surface area (Å²) in [4.78, 5) is 21.8. The molecule has 0 radical (unpaired) electrons. The van der Waals surface area contributed by atoms with Gasteiger partial charge in [0, 0.05) is 31.0 Å². The summed E-state index contributed by atoms with van der Waals surface area (Å²) in [5.74, 6) is -1.98. The van der Waals surface area contributed by atoms with Crippen molar-refractivity contribution in [3.8, 4) is 26.9 Å². The molecule has 34 heavy (non-hydrogen) atoms. The van der Waals surface area contributed by atoms with E-state index >= 15 is 0 Å². The molecule has 0 spiro atoms. The van der Waals surface area contributed by atoms with Gasteiger partial charge in [-0.2, -0.15) is 0 Å². The minimum atomic E-state index is -0.671. The lowest BCUT2D eigenvalue weighted by molar-refractivity contribution is 0.0930. The summed E-state index contributed by atoms with van der Waals surface area (Å²) in [6.45, 7) is -0.144. The second kappa shape index (κ2) is 10.5. The number of amides is 1. The van der Waals surface area contributed by atoms with Crippen molar-refractivity contribution in [3.63, 3.8) is 0 Å². The summed E-state index contributed by atoms with van der Waals surface area (Å²) < 4.78 is 28.2. The van der Waals surface area contributed by atoms with Crippen LogP contribution in [-0.4, -0.2) is 38.7 Å². The highest BCUT2D eigenvalue weighted by Crippen LogP contribution is 2.41. The van der Waals surface area contributed by atoms with E-state index in [0.717, 1.165) is 17.0 Å². The topological polar surface area (TPSA) is 95.3 Å². The second-order valence-corrected chi connectivity index (χ2v) is 8.55. The highest BCUT2D eigenvalue weighted by atomic mass is 32.1. The van der Waals surface area contributed by atoms with Gasteiger partial charge in [0.25, 0.3) is 5.91 Å². The van der Waals surface area contributed by atoms with Crippen molar-refractivity contribution < 1.29 is 23.8 Å². The lowest BCUT2D eigenvalue weighted by Crippen LogP contribution is -2.37. The predicted octanol–water partition coefficient (Wildman–Crippen LogP) is 4.58. The van der Waals surface area contributed by atoms with Gasteiger partial charge in [-0.1, -0.05) is 24.3 Å². The van der Waals surface area contributed by atoms with Crippen molar-refractivity contribution in [2.75, 3.05) is 6.61 Å². The van der Waals surface area contributed by atoms with E-state index in [4.69, 9.17) is 0 Å². The Morgan fingerprint density at radius 1 is 1.06 bits per heavy atom. The number of thiazole rings is 1. The molecular weight excluding hydrogens is 460 g/mol. The first-order valence-corrected chi connectivity index (χ1v) is 11.3. The van der Waals surface area contributed by atoms with Gasteiger partial charge in [0.2, 0.25) is 5.88 Å². The third-order valence-electron chi connectivity index (χ3n) is 5.18. The van der Waals surface area contributed by atoms with Crippen LogP contribution in [0, 0.1) is 11.6 Å². The molecule has 0 aliphatic carbocycles. The molecule has 3 N–H and O–H groups in total. The smallest absolute Gasteiger partial charge is 0.252 e. The van der Waals surface area contributed by atoms with E-state index in [2.05, 4.69) is 15.3 Å². The summed E-state index contributed by atoms with van der Waals surface area (Å²) >= 11 is 0.996. The summed E-state index contributed by atoms with van der Waals surface area (Å²) in [5.41, 5.74) is 1.26. The third-order valence-corrected chi connectivity index (χ3v) is 6.29. The van der Waals surface area contributed by atoms with Gasteiger partial charge in [-0.3, -0.25) is 9.78 Å². The van der Waals surface area contributed by atoms with Crippen LogP contribution < -0.4 is 5.32 Å². The van der Waals surface area contributed by atoms with Gasteiger partial charge in [0.1, 0.15) is 16.6 Å². The number of aromatic nitrogens is 2. The number of hydrogen-bond donors (Lipinski definition) is 3. The summed E-state index contributed by atoms with van der Waals surface area (Å²) in [7, 11) is 0. The molecule has 2 heterocycles. The number of pyridine rings is 1. The second-order valence-electron chi connectivity index (χ2n) is 7.55. The minimum absolute atomic E-state index is 0.0448. The number of carbonyl (C=O) groups excluding carboxylic acids is 1. The van der Waals surface area contributed by atoms with E-state index in [1.54, 1.807) is 12.3 Å². The number of benzene rings is 2. The molecule has 1 atom stereocenters. The van der Waals surface area contributed by atoms with E-state index in [-0.39, 0.29) is 28.6 Å². The first-order chi connectivity index (χ1) is 16.5. The lowest BCUT2D eigenvalue weighted by Gasteiger charge is -2.18. The number of aliphatic hydroxyl groups is 1. The Balaban J connectivity index is 1.65. The molecule has 4 aromatic rings. The highest BCUT2D eigenvalue weighted by molar-refractivity contribution is 7.18. The Labute approximate surface area is 198 Å². The van der Waals surface area contributed by atoms with Crippen molar-refractivity contribution in [1.29, 1.82) is 0 Å². The van der Waals surface area contributed by atoms with E-state index in [1.165, 1.54) is 42.5 Å². The summed E-state index contributed by atoms with van der Waals surface area (Å²) in [6.07, 6.45) is 2.33. The molecule has 0 saturated heterocycles. The van der Waals surface area contributed by atoms with E-state index in [0.29, 0.717) is 23.3 Å². The van der Waals surface area contributed by atoms with Gasteiger partial charge in [-0.25, -0.2) is 13.8 Å². The standard InChI is InChI=1S/C25H21F2N3O3S/c26-16-9-7-15(8-10-16)22-24(33)30-25(34-22)21-19(5-3-6-20(21)27)23(32)29-18(11-13-31)14-17-4-1-2-12-28-17/h1-10,12,18,31,33H,11,13-14H2,(H,29,32)/t18-/m0/s1. The Hall–Kier alpha value is -3.69. The molecule has 2 aromatic carbocycles. The predicted molar refractivity (Wildman–Crippen MR) is 125 cm³/mol. The average Bonchev–Trinajstić information content (AvgIpc) is 3.21. The van der Waals surface area contributed by atoms with Crippen molar-refractivity contribution in [2.45, 2.75) is 18.9 Å². The maximum Gasteiger partial charge on any atom is 0.252 e. The van der Waals surface area contributed by atoms with E-state index in [9.17, 15) is 23.8 Å². The van der Waals surface area contributed by atoms with Crippen LogP contribution in [0.4, 0.5) is 8.78 Å². The number of carbonyl (C=O) groups is 1.